The molecule has 2 N–H and O–H groups in total. The zero-order valence-electron chi connectivity index (χ0n) is 19.1. The highest BCUT2D eigenvalue weighted by Crippen LogP contribution is 2.29. The first-order valence-corrected chi connectivity index (χ1v) is 12.4. The predicted octanol–water partition coefficient (Wildman–Crippen LogP) is 6.65. The molecule has 1 heterocycles. The van der Waals surface area contributed by atoms with Gasteiger partial charge in [-0.2, -0.15) is 0 Å². The standard InChI is InChI=1S/C25H32Cl2N4O2/c1-2-3-4-5-6-10-23(32)31-17-15-30(16-18-31)20-13-11-19(12-14-20)28-25(33)29-22-9-7-8-21(26)24(22)27/h7-9,11-14H,2-6,10,15-18H2,1H3,(H2,28,29,33). The van der Waals surface area contributed by atoms with Crippen molar-refractivity contribution >= 4 is 52.2 Å². The molecule has 0 bridgehead atoms. The summed E-state index contributed by atoms with van der Waals surface area (Å²) in [5.41, 5.74) is 2.20. The monoisotopic (exact) mass is 490 g/mol. The zero-order chi connectivity index (χ0) is 23.6. The second-order valence-electron chi connectivity index (χ2n) is 8.26. The van der Waals surface area contributed by atoms with Crippen molar-refractivity contribution in [3.05, 3.63) is 52.5 Å². The Balaban J connectivity index is 1.43. The molecular weight excluding hydrogens is 459 g/mol. The maximum atomic E-state index is 12.4. The van der Waals surface area contributed by atoms with E-state index in [1.54, 1.807) is 18.2 Å². The smallest absolute Gasteiger partial charge is 0.323 e. The highest BCUT2D eigenvalue weighted by atomic mass is 35.5. The number of benzene rings is 2. The summed E-state index contributed by atoms with van der Waals surface area (Å²) in [6.07, 6.45) is 6.49. The molecule has 0 saturated carbocycles. The molecule has 3 rings (SSSR count). The average Bonchev–Trinajstić information content (AvgIpc) is 2.82. The van der Waals surface area contributed by atoms with E-state index < -0.39 is 6.03 Å². The Hall–Kier alpha value is -2.44. The van der Waals surface area contributed by atoms with Gasteiger partial charge in [0.05, 0.1) is 15.7 Å². The maximum absolute atomic E-state index is 12.4. The van der Waals surface area contributed by atoms with E-state index in [1.807, 2.05) is 29.2 Å². The Bertz CT molecular complexity index is 929. The number of amides is 3. The molecule has 0 spiro atoms. The third-order valence-electron chi connectivity index (χ3n) is 5.82. The molecule has 1 fully saturated rings. The molecule has 0 radical (unpaired) electrons. The first kappa shape index (κ1) is 25.2. The first-order valence-electron chi connectivity index (χ1n) is 11.6. The van der Waals surface area contributed by atoms with Gasteiger partial charge in [0.25, 0.3) is 0 Å². The van der Waals surface area contributed by atoms with Crippen LogP contribution >= 0.6 is 23.2 Å². The van der Waals surface area contributed by atoms with Crippen LogP contribution in [0.2, 0.25) is 10.0 Å². The molecule has 1 saturated heterocycles. The Labute approximate surface area is 206 Å². The molecule has 6 nitrogen and oxygen atoms in total. The van der Waals surface area contributed by atoms with Gasteiger partial charge in [0, 0.05) is 44.0 Å². The molecule has 8 heteroatoms. The second-order valence-corrected chi connectivity index (χ2v) is 9.04. The summed E-state index contributed by atoms with van der Waals surface area (Å²) >= 11 is 12.1. The van der Waals surface area contributed by atoms with E-state index in [9.17, 15) is 9.59 Å². The lowest BCUT2D eigenvalue weighted by atomic mass is 10.1. The molecule has 3 amide bonds. The number of rotatable bonds is 9. The van der Waals surface area contributed by atoms with Crippen molar-refractivity contribution in [1.82, 2.24) is 4.90 Å². The molecule has 2 aromatic rings. The summed E-state index contributed by atoms with van der Waals surface area (Å²) in [7, 11) is 0. The van der Waals surface area contributed by atoms with Crippen LogP contribution < -0.4 is 15.5 Å². The van der Waals surface area contributed by atoms with E-state index in [1.165, 1.54) is 19.3 Å². The molecule has 33 heavy (non-hydrogen) atoms. The van der Waals surface area contributed by atoms with Crippen molar-refractivity contribution < 1.29 is 9.59 Å². The number of urea groups is 1. The van der Waals surface area contributed by atoms with Gasteiger partial charge in [-0.15, -0.1) is 0 Å². The third kappa shape index (κ3) is 7.54. The molecule has 0 aliphatic carbocycles. The van der Waals surface area contributed by atoms with Gasteiger partial charge in [0.2, 0.25) is 5.91 Å². The fraction of sp³-hybridized carbons (Fsp3) is 0.440. The quantitative estimate of drug-likeness (QED) is 0.386. The van der Waals surface area contributed by atoms with E-state index in [2.05, 4.69) is 22.5 Å². The summed E-state index contributed by atoms with van der Waals surface area (Å²) < 4.78 is 0. The van der Waals surface area contributed by atoms with E-state index in [0.29, 0.717) is 27.8 Å². The minimum atomic E-state index is -0.395. The third-order valence-corrected chi connectivity index (χ3v) is 6.64. The van der Waals surface area contributed by atoms with E-state index in [0.717, 1.165) is 44.7 Å². The summed E-state index contributed by atoms with van der Waals surface area (Å²) in [6.45, 7) is 5.31. The van der Waals surface area contributed by atoms with Crippen molar-refractivity contribution in [3.63, 3.8) is 0 Å². The van der Waals surface area contributed by atoms with Crippen LogP contribution in [0.5, 0.6) is 0 Å². The van der Waals surface area contributed by atoms with Gasteiger partial charge < -0.3 is 20.4 Å². The Morgan fingerprint density at radius 1 is 0.879 bits per heavy atom. The fourth-order valence-electron chi connectivity index (χ4n) is 3.89. The van der Waals surface area contributed by atoms with E-state index >= 15 is 0 Å². The number of hydrogen-bond acceptors (Lipinski definition) is 3. The lowest BCUT2D eigenvalue weighted by molar-refractivity contribution is -0.131. The number of hydrogen-bond donors (Lipinski definition) is 2. The van der Waals surface area contributed by atoms with Crippen molar-refractivity contribution in [3.8, 4) is 0 Å². The largest absolute Gasteiger partial charge is 0.368 e. The lowest BCUT2D eigenvalue weighted by Crippen LogP contribution is -2.48. The summed E-state index contributed by atoms with van der Waals surface area (Å²) in [4.78, 5) is 29.0. The van der Waals surface area contributed by atoms with E-state index in [4.69, 9.17) is 23.2 Å². The molecule has 178 valence electrons. The van der Waals surface area contributed by atoms with Crippen LogP contribution in [0, 0.1) is 0 Å². The molecule has 0 unspecified atom stereocenters. The molecular formula is C25H32Cl2N4O2. The van der Waals surface area contributed by atoms with Crippen molar-refractivity contribution in [2.45, 2.75) is 45.4 Å². The number of nitrogens with one attached hydrogen (secondary N) is 2. The van der Waals surface area contributed by atoms with Crippen molar-refractivity contribution in [2.75, 3.05) is 41.7 Å². The topological polar surface area (TPSA) is 64.7 Å². The second kappa shape index (κ2) is 12.7. The first-order chi connectivity index (χ1) is 16.0. The van der Waals surface area contributed by atoms with Gasteiger partial charge in [-0.05, 0) is 42.8 Å². The highest BCUT2D eigenvalue weighted by Gasteiger charge is 2.21. The number of carbonyl (C=O) groups excluding carboxylic acids is 2. The van der Waals surface area contributed by atoms with Crippen LogP contribution in [0.1, 0.15) is 45.4 Å². The van der Waals surface area contributed by atoms with Crippen LogP contribution in [0.3, 0.4) is 0 Å². The van der Waals surface area contributed by atoms with Gasteiger partial charge in [-0.3, -0.25) is 4.79 Å². The number of unbranched alkanes of at least 4 members (excludes halogenated alkanes) is 4. The van der Waals surface area contributed by atoms with Gasteiger partial charge in [-0.1, -0.05) is 61.9 Å². The summed E-state index contributed by atoms with van der Waals surface area (Å²) in [6, 6.07) is 12.4. The van der Waals surface area contributed by atoms with Crippen LogP contribution in [-0.4, -0.2) is 43.0 Å². The van der Waals surface area contributed by atoms with Gasteiger partial charge in [-0.25, -0.2) is 4.79 Å². The Kier molecular flexibility index (Phi) is 9.70. The Morgan fingerprint density at radius 3 is 2.27 bits per heavy atom. The van der Waals surface area contributed by atoms with Crippen LogP contribution in [0.15, 0.2) is 42.5 Å². The highest BCUT2D eigenvalue weighted by molar-refractivity contribution is 6.44. The van der Waals surface area contributed by atoms with Crippen LogP contribution in [0.25, 0.3) is 0 Å². The normalized spacial score (nSPS) is 13.7. The summed E-state index contributed by atoms with van der Waals surface area (Å²) in [5, 5.41) is 6.19. The number of nitrogens with zero attached hydrogens (tertiary/aromatic N) is 2. The molecule has 1 aliphatic rings. The van der Waals surface area contributed by atoms with Crippen LogP contribution in [-0.2, 0) is 4.79 Å². The van der Waals surface area contributed by atoms with Crippen LogP contribution in [0.4, 0.5) is 21.9 Å². The molecule has 1 aliphatic heterocycles. The molecule has 2 aromatic carbocycles. The minimum absolute atomic E-state index is 0.275. The lowest BCUT2D eigenvalue weighted by Gasteiger charge is -2.36. The zero-order valence-corrected chi connectivity index (χ0v) is 20.6. The number of carbonyl (C=O) groups is 2. The molecule has 0 atom stereocenters. The van der Waals surface area contributed by atoms with E-state index in [-0.39, 0.29) is 5.91 Å². The number of piperazine rings is 1. The number of halogens is 2. The van der Waals surface area contributed by atoms with Gasteiger partial charge >= 0.3 is 6.03 Å². The van der Waals surface area contributed by atoms with Crippen molar-refractivity contribution in [1.29, 1.82) is 0 Å². The number of anilines is 3. The van der Waals surface area contributed by atoms with Crippen molar-refractivity contribution in [2.24, 2.45) is 0 Å². The Morgan fingerprint density at radius 2 is 1.58 bits per heavy atom. The van der Waals surface area contributed by atoms with Gasteiger partial charge in [0.15, 0.2) is 0 Å². The average molecular weight is 491 g/mol. The fourth-order valence-corrected chi connectivity index (χ4v) is 4.24. The SMILES string of the molecule is CCCCCCCC(=O)N1CCN(c2ccc(NC(=O)Nc3cccc(Cl)c3Cl)cc2)CC1. The van der Waals surface area contributed by atoms with Gasteiger partial charge in [0.1, 0.15) is 0 Å². The maximum Gasteiger partial charge on any atom is 0.323 e. The molecule has 0 aromatic heterocycles. The summed E-state index contributed by atoms with van der Waals surface area (Å²) in [5.74, 6) is 0.275. The predicted molar refractivity (Wildman–Crippen MR) is 138 cm³/mol. The minimum Gasteiger partial charge on any atom is -0.368 e.